The Kier molecular flexibility index (Phi) is 5.29. The summed E-state index contributed by atoms with van der Waals surface area (Å²) in [6, 6.07) is 5.54. The van der Waals surface area contributed by atoms with Crippen LogP contribution in [-0.4, -0.2) is 32.7 Å². The number of carbonyl (C=O) groups excluding carboxylic acids is 1. The monoisotopic (exact) mass is 237 g/mol. The fraction of sp³-hybridized carbons (Fsp3) is 0.417. The maximum atomic E-state index is 11.4. The molecule has 0 aliphatic rings. The molecule has 0 saturated carbocycles. The van der Waals surface area contributed by atoms with Gasteiger partial charge in [0.1, 0.15) is 0 Å². The minimum Gasteiger partial charge on any atom is -0.399 e. The van der Waals surface area contributed by atoms with Crippen molar-refractivity contribution in [1.82, 2.24) is 5.32 Å². The zero-order chi connectivity index (χ0) is 12.7. The molecule has 0 aliphatic carbocycles. The van der Waals surface area contributed by atoms with Gasteiger partial charge in [-0.15, -0.1) is 0 Å². The number of nitrogens with two attached hydrogens (primary N) is 1. The zero-order valence-corrected chi connectivity index (χ0v) is 10.2. The van der Waals surface area contributed by atoms with Crippen LogP contribution in [0.4, 0.5) is 11.4 Å². The molecule has 0 aliphatic heterocycles. The number of hydrogen-bond acceptors (Lipinski definition) is 4. The number of anilines is 2. The van der Waals surface area contributed by atoms with Gasteiger partial charge in [-0.1, -0.05) is 0 Å². The molecule has 0 aromatic heterocycles. The van der Waals surface area contributed by atoms with Crippen molar-refractivity contribution < 1.29 is 9.53 Å². The van der Waals surface area contributed by atoms with Crippen molar-refractivity contribution in [3.05, 3.63) is 23.8 Å². The quantitative estimate of drug-likeness (QED) is 0.504. The van der Waals surface area contributed by atoms with Crippen LogP contribution in [0, 0.1) is 6.92 Å². The molecule has 0 unspecified atom stereocenters. The van der Waals surface area contributed by atoms with E-state index in [1.54, 1.807) is 13.2 Å². The van der Waals surface area contributed by atoms with Crippen molar-refractivity contribution in [3.63, 3.8) is 0 Å². The van der Waals surface area contributed by atoms with Gasteiger partial charge in [-0.05, 0) is 30.7 Å². The van der Waals surface area contributed by atoms with Crippen LogP contribution in [-0.2, 0) is 9.53 Å². The summed E-state index contributed by atoms with van der Waals surface area (Å²) >= 11 is 0. The van der Waals surface area contributed by atoms with Gasteiger partial charge in [0.25, 0.3) is 0 Å². The maximum absolute atomic E-state index is 11.4. The van der Waals surface area contributed by atoms with E-state index in [1.807, 2.05) is 19.1 Å². The van der Waals surface area contributed by atoms with Crippen LogP contribution in [0.15, 0.2) is 18.2 Å². The lowest BCUT2D eigenvalue weighted by Crippen LogP contribution is -2.32. The summed E-state index contributed by atoms with van der Waals surface area (Å²) in [5.74, 6) is -0.0572. The van der Waals surface area contributed by atoms with Crippen molar-refractivity contribution in [3.8, 4) is 0 Å². The van der Waals surface area contributed by atoms with Crippen molar-refractivity contribution in [2.45, 2.75) is 6.92 Å². The molecule has 0 spiro atoms. The first-order valence-corrected chi connectivity index (χ1v) is 5.49. The molecule has 0 radical (unpaired) electrons. The Balaban J connectivity index is 2.37. The summed E-state index contributed by atoms with van der Waals surface area (Å²) in [7, 11) is 1.60. The molecular weight excluding hydrogens is 218 g/mol. The summed E-state index contributed by atoms with van der Waals surface area (Å²) in [6.07, 6.45) is 0. The topological polar surface area (TPSA) is 76.4 Å². The molecule has 1 aromatic rings. The fourth-order valence-corrected chi connectivity index (χ4v) is 1.42. The lowest BCUT2D eigenvalue weighted by atomic mass is 10.2. The van der Waals surface area contributed by atoms with Crippen LogP contribution in [0.1, 0.15) is 5.56 Å². The van der Waals surface area contributed by atoms with Gasteiger partial charge in [0, 0.05) is 25.0 Å². The summed E-state index contributed by atoms with van der Waals surface area (Å²) in [6.45, 7) is 3.24. The molecule has 1 aromatic carbocycles. The number of nitrogens with one attached hydrogen (secondary N) is 2. The number of benzene rings is 1. The van der Waals surface area contributed by atoms with E-state index in [2.05, 4.69) is 10.6 Å². The smallest absolute Gasteiger partial charge is 0.239 e. The molecule has 0 saturated heterocycles. The predicted octanol–water partition coefficient (Wildman–Crippen LogP) is 0.752. The SMILES string of the molecule is COCCNC(=O)CNc1ccc(N)cc1C. The Morgan fingerprint density at radius 2 is 2.24 bits per heavy atom. The number of aryl methyl sites for hydroxylation is 1. The normalized spacial score (nSPS) is 10.0. The molecule has 17 heavy (non-hydrogen) atoms. The standard InChI is InChI=1S/C12H19N3O2/c1-9-7-10(13)3-4-11(9)15-8-12(16)14-5-6-17-2/h3-4,7,15H,5-6,8,13H2,1-2H3,(H,14,16). The van der Waals surface area contributed by atoms with Crippen molar-refractivity contribution >= 4 is 17.3 Å². The molecule has 0 fully saturated rings. The summed E-state index contributed by atoms with van der Waals surface area (Å²) in [5.41, 5.74) is 8.30. The van der Waals surface area contributed by atoms with Crippen molar-refractivity contribution in [1.29, 1.82) is 0 Å². The molecule has 0 heterocycles. The number of carbonyl (C=O) groups is 1. The lowest BCUT2D eigenvalue weighted by Gasteiger charge is -2.10. The van der Waals surface area contributed by atoms with Crippen LogP contribution in [0.2, 0.25) is 0 Å². The van der Waals surface area contributed by atoms with E-state index < -0.39 is 0 Å². The number of rotatable bonds is 6. The van der Waals surface area contributed by atoms with Gasteiger partial charge in [0.15, 0.2) is 0 Å². The van der Waals surface area contributed by atoms with E-state index in [0.717, 1.165) is 16.9 Å². The highest BCUT2D eigenvalue weighted by Crippen LogP contribution is 2.16. The lowest BCUT2D eigenvalue weighted by molar-refractivity contribution is -0.119. The van der Waals surface area contributed by atoms with Crippen LogP contribution in [0.25, 0.3) is 0 Å². The summed E-state index contributed by atoms with van der Waals surface area (Å²) < 4.78 is 4.84. The predicted molar refractivity (Wildman–Crippen MR) is 69.0 cm³/mol. The Hall–Kier alpha value is -1.75. The molecule has 0 atom stereocenters. The van der Waals surface area contributed by atoms with Gasteiger partial charge in [-0.25, -0.2) is 0 Å². The van der Waals surface area contributed by atoms with Crippen LogP contribution >= 0.6 is 0 Å². The first-order chi connectivity index (χ1) is 8.13. The Labute approximate surface area is 101 Å². The third-order valence-corrected chi connectivity index (χ3v) is 2.32. The second kappa shape index (κ2) is 6.75. The molecule has 5 heteroatoms. The van der Waals surface area contributed by atoms with Gasteiger partial charge >= 0.3 is 0 Å². The second-order valence-electron chi connectivity index (χ2n) is 3.77. The Morgan fingerprint density at radius 1 is 1.47 bits per heavy atom. The van der Waals surface area contributed by atoms with Crippen LogP contribution in [0.3, 0.4) is 0 Å². The van der Waals surface area contributed by atoms with Gasteiger partial charge in [-0.3, -0.25) is 4.79 Å². The highest BCUT2D eigenvalue weighted by Gasteiger charge is 2.02. The molecule has 94 valence electrons. The molecule has 1 amide bonds. The van der Waals surface area contributed by atoms with E-state index in [0.29, 0.717) is 13.2 Å². The second-order valence-corrected chi connectivity index (χ2v) is 3.77. The number of ether oxygens (including phenoxy) is 1. The molecular formula is C12H19N3O2. The fourth-order valence-electron chi connectivity index (χ4n) is 1.42. The minimum atomic E-state index is -0.0572. The number of nitrogen functional groups attached to an aromatic ring is 1. The van der Waals surface area contributed by atoms with Gasteiger partial charge in [0.2, 0.25) is 5.91 Å². The average Bonchev–Trinajstić information content (AvgIpc) is 2.28. The largest absolute Gasteiger partial charge is 0.399 e. The highest BCUT2D eigenvalue weighted by atomic mass is 16.5. The highest BCUT2D eigenvalue weighted by molar-refractivity contribution is 5.81. The summed E-state index contributed by atoms with van der Waals surface area (Å²) in [5, 5.41) is 5.79. The third kappa shape index (κ3) is 4.74. The summed E-state index contributed by atoms with van der Waals surface area (Å²) in [4.78, 5) is 11.4. The van der Waals surface area contributed by atoms with E-state index in [-0.39, 0.29) is 12.5 Å². The van der Waals surface area contributed by atoms with Gasteiger partial charge in [-0.2, -0.15) is 0 Å². The average molecular weight is 237 g/mol. The van der Waals surface area contributed by atoms with Crippen molar-refractivity contribution in [2.24, 2.45) is 0 Å². The Morgan fingerprint density at radius 3 is 2.88 bits per heavy atom. The number of hydrogen-bond donors (Lipinski definition) is 3. The third-order valence-electron chi connectivity index (χ3n) is 2.32. The maximum Gasteiger partial charge on any atom is 0.239 e. The zero-order valence-electron chi connectivity index (χ0n) is 10.2. The Bertz CT molecular complexity index is 380. The molecule has 5 nitrogen and oxygen atoms in total. The van der Waals surface area contributed by atoms with Crippen LogP contribution < -0.4 is 16.4 Å². The van der Waals surface area contributed by atoms with E-state index in [4.69, 9.17) is 10.5 Å². The number of amides is 1. The van der Waals surface area contributed by atoms with E-state index >= 15 is 0 Å². The van der Waals surface area contributed by atoms with E-state index in [9.17, 15) is 4.79 Å². The first kappa shape index (κ1) is 13.3. The minimum absolute atomic E-state index is 0.0572. The van der Waals surface area contributed by atoms with Crippen LogP contribution in [0.5, 0.6) is 0 Å². The number of methoxy groups -OCH3 is 1. The molecule has 1 rings (SSSR count). The first-order valence-electron chi connectivity index (χ1n) is 5.49. The van der Waals surface area contributed by atoms with Crippen molar-refractivity contribution in [2.75, 3.05) is 37.9 Å². The van der Waals surface area contributed by atoms with Gasteiger partial charge in [0.05, 0.1) is 13.2 Å². The van der Waals surface area contributed by atoms with E-state index in [1.165, 1.54) is 0 Å². The molecule has 0 bridgehead atoms. The van der Waals surface area contributed by atoms with Gasteiger partial charge < -0.3 is 21.1 Å². The molecule has 4 N–H and O–H groups in total.